The number of nitrogens with zero attached hydrogens (tertiary/aromatic N) is 3. The van der Waals surface area contributed by atoms with Crippen molar-refractivity contribution in [2.45, 2.75) is 45.1 Å². The lowest BCUT2D eigenvalue weighted by Gasteiger charge is -2.25. The molecule has 2 aromatic heterocycles. The Morgan fingerprint density at radius 1 is 1.29 bits per heavy atom. The number of nitrogens with two attached hydrogens (primary N) is 1. The van der Waals surface area contributed by atoms with Crippen LogP contribution in [0.3, 0.4) is 0 Å². The maximum atomic E-state index is 11.4. The van der Waals surface area contributed by atoms with E-state index in [4.69, 9.17) is 5.73 Å². The van der Waals surface area contributed by atoms with Crippen LogP contribution in [-0.2, 0) is 11.3 Å². The lowest BCUT2D eigenvalue weighted by molar-refractivity contribution is -0.119. The van der Waals surface area contributed by atoms with E-state index < -0.39 is 0 Å². The summed E-state index contributed by atoms with van der Waals surface area (Å²) in [5.74, 6) is 0.524. The molecule has 6 heteroatoms. The van der Waals surface area contributed by atoms with Crippen LogP contribution < -0.4 is 5.73 Å². The highest BCUT2D eigenvalue weighted by Gasteiger charge is 2.17. The molecule has 1 aliphatic carbocycles. The van der Waals surface area contributed by atoms with Crippen LogP contribution in [-0.4, -0.2) is 33.3 Å². The molecular weight excluding hydrogens is 368 g/mol. The van der Waals surface area contributed by atoms with Gasteiger partial charge < -0.3 is 10.1 Å². The number of imidazole rings is 1. The van der Waals surface area contributed by atoms with Crippen molar-refractivity contribution in [1.82, 2.24) is 14.3 Å². The van der Waals surface area contributed by atoms with Gasteiger partial charge in [-0.25, -0.2) is 4.98 Å². The fraction of sp³-hybridized carbons (Fsp3) is 0.556. The number of fused-ring (bicyclic) bond motifs is 1. The first kappa shape index (κ1) is 17.4. The van der Waals surface area contributed by atoms with E-state index in [0.29, 0.717) is 13.1 Å². The third-order valence-electron chi connectivity index (χ3n) is 4.81. The number of carbonyl (C=O) groups excluding carboxylic acids is 1. The van der Waals surface area contributed by atoms with Crippen molar-refractivity contribution in [3.05, 3.63) is 34.7 Å². The largest absolute Gasteiger partial charge is 0.369 e. The summed E-state index contributed by atoms with van der Waals surface area (Å²) in [5, 5.41) is 0. The second-order valence-electron chi connectivity index (χ2n) is 6.81. The van der Waals surface area contributed by atoms with Gasteiger partial charge in [0.05, 0.1) is 12.2 Å². The molecule has 0 aliphatic heterocycles. The molecule has 3 rings (SSSR count). The Morgan fingerprint density at radius 3 is 2.83 bits per heavy atom. The second kappa shape index (κ2) is 8.12. The molecule has 0 bridgehead atoms. The smallest absolute Gasteiger partial charge is 0.231 e. The Kier molecular flexibility index (Phi) is 5.89. The molecule has 1 aliphatic rings. The van der Waals surface area contributed by atoms with Crippen LogP contribution in [0.15, 0.2) is 29.0 Å². The zero-order chi connectivity index (χ0) is 16.9. The second-order valence-corrected chi connectivity index (χ2v) is 7.73. The highest BCUT2D eigenvalue weighted by molar-refractivity contribution is 9.10. The molecule has 1 amide bonds. The molecule has 1 fully saturated rings. The maximum Gasteiger partial charge on any atom is 0.231 e. The van der Waals surface area contributed by atoms with E-state index >= 15 is 0 Å². The standard InChI is InChI=1S/C18H25BrN4O/c19-15-6-7-18-21-16(12-23(18)10-15)11-22(13-17(20)24)9-8-14-4-2-1-3-5-14/h6-7,10,12,14H,1-5,8-9,11,13H2,(H2,20,24). The fourth-order valence-electron chi connectivity index (χ4n) is 3.60. The minimum atomic E-state index is -0.273. The van der Waals surface area contributed by atoms with E-state index in [2.05, 4.69) is 25.8 Å². The van der Waals surface area contributed by atoms with Gasteiger partial charge in [0.1, 0.15) is 5.65 Å². The molecule has 5 nitrogen and oxygen atoms in total. The number of rotatable bonds is 7. The summed E-state index contributed by atoms with van der Waals surface area (Å²) in [6.07, 6.45) is 11.9. The van der Waals surface area contributed by atoms with Crippen molar-refractivity contribution in [1.29, 1.82) is 0 Å². The summed E-state index contributed by atoms with van der Waals surface area (Å²) in [6.45, 7) is 1.87. The summed E-state index contributed by atoms with van der Waals surface area (Å²) < 4.78 is 3.02. The van der Waals surface area contributed by atoms with Crippen molar-refractivity contribution in [2.75, 3.05) is 13.1 Å². The topological polar surface area (TPSA) is 63.6 Å². The van der Waals surface area contributed by atoms with Crippen LogP contribution in [0.4, 0.5) is 0 Å². The minimum Gasteiger partial charge on any atom is -0.369 e. The van der Waals surface area contributed by atoms with Crippen LogP contribution in [0.1, 0.15) is 44.2 Å². The van der Waals surface area contributed by atoms with Crippen LogP contribution in [0.2, 0.25) is 0 Å². The number of halogens is 1. The average molecular weight is 393 g/mol. The molecule has 0 radical (unpaired) electrons. The molecule has 1 saturated carbocycles. The average Bonchev–Trinajstić information content (AvgIpc) is 2.94. The molecule has 130 valence electrons. The Bertz CT molecular complexity index is 693. The fourth-order valence-corrected chi connectivity index (χ4v) is 3.95. The van der Waals surface area contributed by atoms with Crippen molar-refractivity contribution in [3.63, 3.8) is 0 Å². The summed E-state index contributed by atoms with van der Waals surface area (Å²) in [7, 11) is 0. The van der Waals surface area contributed by atoms with Gasteiger partial charge in [-0.2, -0.15) is 0 Å². The van der Waals surface area contributed by atoms with Gasteiger partial charge in [0.25, 0.3) is 0 Å². The van der Waals surface area contributed by atoms with E-state index in [-0.39, 0.29) is 5.91 Å². The Morgan fingerprint density at radius 2 is 2.08 bits per heavy atom. The Balaban J connectivity index is 1.64. The Labute approximate surface area is 151 Å². The zero-order valence-electron chi connectivity index (χ0n) is 14.0. The molecule has 2 N–H and O–H groups in total. The SMILES string of the molecule is NC(=O)CN(CCC1CCCCC1)Cc1cn2cc(Br)ccc2n1. The third kappa shape index (κ3) is 4.80. The van der Waals surface area contributed by atoms with Crippen LogP contribution in [0.25, 0.3) is 5.65 Å². The minimum absolute atomic E-state index is 0.273. The number of amides is 1. The number of pyridine rings is 1. The van der Waals surface area contributed by atoms with Crippen molar-refractivity contribution in [2.24, 2.45) is 11.7 Å². The predicted molar refractivity (Wildman–Crippen MR) is 98.6 cm³/mol. The van der Waals surface area contributed by atoms with Gasteiger partial charge in [0.15, 0.2) is 0 Å². The summed E-state index contributed by atoms with van der Waals surface area (Å²) in [6, 6.07) is 3.96. The normalized spacial score (nSPS) is 16.1. The van der Waals surface area contributed by atoms with Crippen LogP contribution in [0, 0.1) is 5.92 Å². The van der Waals surface area contributed by atoms with Gasteiger partial charge in [-0.1, -0.05) is 32.1 Å². The zero-order valence-corrected chi connectivity index (χ0v) is 15.5. The van der Waals surface area contributed by atoms with Gasteiger partial charge >= 0.3 is 0 Å². The first-order valence-electron chi connectivity index (χ1n) is 8.74. The van der Waals surface area contributed by atoms with Gasteiger partial charge in [-0.15, -0.1) is 0 Å². The molecule has 24 heavy (non-hydrogen) atoms. The number of hydrogen-bond acceptors (Lipinski definition) is 3. The number of aromatic nitrogens is 2. The predicted octanol–water partition coefficient (Wildman–Crippen LogP) is 3.35. The van der Waals surface area contributed by atoms with Crippen LogP contribution >= 0.6 is 15.9 Å². The maximum absolute atomic E-state index is 11.4. The lowest BCUT2D eigenvalue weighted by atomic mass is 9.87. The number of hydrogen-bond donors (Lipinski definition) is 1. The van der Waals surface area contributed by atoms with E-state index in [0.717, 1.165) is 34.7 Å². The highest BCUT2D eigenvalue weighted by atomic mass is 79.9. The Hall–Kier alpha value is -1.40. The molecule has 0 aromatic carbocycles. The van der Waals surface area contributed by atoms with E-state index in [9.17, 15) is 4.79 Å². The first-order valence-corrected chi connectivity index (χ1v) is 9.53. The van der Waals surface area contributed by atoms with E-state index in [1.54, 1.807) is 0 Å². The third-order valence-corrected chi connectivity index (χ3v) is 5.28. The van der Waals surface area contributed by atoms with Gasteiger partial charge in [-0.05, 0) is 46.9 Å². The molecule has 0 saturated heterocycles. The lowest BCUT2D eigenvalue weighted by Crippen LogP contribution is -2.35. The summed E-state index contributed by atoms with van der Waals surface area (Å²) in [4.78, 5) is 18.2. The van der Waals surface area contributed by atoms with Crippen molar-refractivity contribution >= 4 is 27.5 Å². The van der Waals surface area contributed by atoms with Crippen molar-refractivity contribution in [3.8, 4) is 0 Å². The molecule has 2 aromatic rings. The van der Waals surface area contributed by atoms with Gasteiger partial charge in [0, 0.05) is 23.4 Å². The monoisotopic (exact) mass is 392 g/mol. The number of carbonyl (C=O) groups is 1. The summed E-state index contributed by atoms with van der Waals surface area (Å²) in [5.41, 5.74) is 7.32. The molecule has 0 atom stereocenters. The molecule has 0 spiro atoms. The first-order chi connectivity index (χ1) is 11.6. The highest BCUT2D eigenvalue weighted by Crippen LogP contribution is 2.26. The quantitative estimate of drug-likeness (QED) is 0.785. The summed E-state index contributed by atoms with van der Waals surface area (Å²) >= 11 is 3.47. The molecular formula is C18H25BrN4O. The molecule has 0 unspecified atom stereocenters. The van der Waals surface area contributed by atoms with E-state index in [1.165, 1.54) is 32.1 Å². The van der Waals surface area contributed by atoms with Crippen LogP contribution in [0.5, 0.6) is 0 Å². The molecule has 2 heterocycles. The van der Waals surface area contributed by atoms with E-state index in [1.807, 2.05) is 28.9 Å². The van der Waals surface area contributed by atoms with Gasteiger partial charge in [-0.3, -0.25) is 9.69 Å². The van der Waals surface area contributed by atoms with Gasteiger partial charge in [0.2, 0.25) is 5.91 Å². The number of primary amides is 1. The van der Waals surface area contributed by atoms with Crippen molar-refractivity contribution < 1.29 is 4.79 Å².